The lowest BCUT2D eigenvalue weighted by Crippen LogP contribution is -2.30. The Balaban J connectivity index is 1.68. The number of ether oxygens (including phenoxy) is 1. The van der Waals surface area contributed by atoms with Gasteiger partial charge in [-0.25, -0.2) is 0 Å². The predicted molar refractivity (Wildman–Crippen MR) is 123 cm³/mol. The van der Waals surface area contributed by atoms with Gasteiger partial charge in [0.1, 0.15) is 5.75 Å². The Kier molecular flexibility index (Phi) is 4.74. The fourth-order valence-corrected chi connectivity index (χ4v) is 5.09. The van der Waals surface area contributed by atoms with Crippen LogP contribution in [0.1, 0.15) is 53.6 Å². The second kappa shape index (κ2) is 7.43. The van der Waals surface area contributed by atoms with Crippen LogP contribution in [-0.2, 0) is 0 Å². The molecule has 154 valence electrons. The molecular weight excluding hydrogens is 392 g/mol. The molecule has 5 rings (SSSR count). The van der Waals surface area contributed by atoms with Gasteiger partial charge in [0.2, 0.25) is 0 Å². The number of pyridine rings is 1. The summed E-state index contributed by atoms with van der Waals surface area (Å²) in [6.45, 7) is 4.44. The highest BCUT2D eigenvalue weighted by Crippen LogP contribution is 2.47. The van der Waals surface area contributed by atoms with E-state index in [-0.39, 0.29) is 12.1 Å². The highest BCUT2D eigenvalue weighted by atomic mass is 32.1. The first-order chi connectivity index (χ1) is 14.6. The molecule has 1 aliphatic heterocycles. The van der Waals surface area contributed by atoms with Crippen molar-refractivity contribution in [2.24, 2.45) is 0 Å². The number of anilines is 1. The first-order valence-corrected chi connectivity index (χ1v) is 10.8. The van der Waals surface area contributed by atoms with Crippen molar-refractivity contribution in [1.82, 2.24) is 14.9 Å². The van der Waals surface area contributed by atoms with Crippen molar-refractivity contribution in [2.45, 2.75) is 44.8 Å². The first-order valence-electron chi connectivity index (χ1n) is 10.4. The molecule has 0 amide bonds. The van der Waals surface area contributed by atoms with Crippen LogP contribution < -0.4 is 15.0 Å². The molecule has 0 radical (unpaired) electrons. The van der Waals surface area contributed by atoms with Crippen LogP contribution in [0.4, 0.5) is 5.69 Å². The molecule has 2 aliphatic rings. The molecule has 2 aromatic heterocycles. The Hall–Kier alpha value is -2.86. The Morgan fingerprint density at radius 1 is 1.10 bits per heavy atom. The summed E-state index contributed by atoms with van der Waals surface area (Å²) in [6, 6.07) is 17.0. The third-order valence-electron chi connectivity index (χ3n) is 6.20. The number of aryl methyl sites for hydroxylation is 1. The number of nitrogens with one attached hydrogen (secondary N) is 1. The van der Waals surface area contributed by atoms with Crippen LogP contribution >= 0.6 is 12.2 Å². The van der Waals surface area contributed by atoms with Gasteiger partial charge in [0.25, 0.3) is 0 Å². The summed E-state index contributed by atoms with van der Waals surface area (Å²) >= 11 is 5.86. The molecule has 2 fully saturated rings. The molecule has 1 aliphatic carbocycles. The van der Waals surface area contributed by atoms with E-state index in [0.29, 0.717) is 11.2 Å². The van der Waals surface area contributed by atoms with Crippen molar-refractivity contribution in [3.63, 3.8) is 0 Å². The summed E-state index contributed by atoms with van der Waals surface area (Å²) in [6.07, 6.45) is 4.37. The minimum atomic E-state index is -0.0447. The lowest BCUT2D eigenvalue weighted by atomic mass is 9.96. The van der Waals surface area contributed by atoms with Crippen LogP contribution in [0.3, 0.4) is 0 Å². The molecule has 1 saturated carbocycles. The molecule has 1 aromatic carbocycles. The normalized spacial score (nSPS) is 21.0. The third-order valence-corrected chi connectivity index (χ3v) is 6.51. The van der Waals surface area contributed by atoms with Crippen LogP contribution in [0.25, 0.3) is 0 Å². The molecule has 0 unspecified atom stereocenters. The minimum absolute atomic E-state index is 0.0117. The summed E-state index contributed by atoms with van der Waals surface area (Å²) < 4.78 is 8.18. The first kappa shape index (κ1) is 19.1. The molecule has 0 spiro atoms. The SMILES string of the molecule is COc1ccccc1N1C(=S)N[C@H](c2ccccn2)[C@@H]1c1cc(C)n(C2CC2)c1C. The highest BCUT2D eigenvalue weighted by Gasteiger charge is 2.43. The molecule has 30 heavy (non-hydrogen) atoms. The average molecular weight is 419 g/mol. The van der Waals surface area contributed by atoms with Gasteiger partial charge in [-0.3, -0.25) is 4.98 Å². The molecule has 2 atom stereocenters. The quantitative estimate of drug-likeness (QED) is 0.589. The van der Waals surface area contributed by atoms with Crippen molar-refractivity contribution in [2.75, 3.05) is 12.0 Å². The van der Waals surface area contributed by atoms with Gasteiger partial charge in [-0.15, -0.1) is 0 Å². The number of aromatic nitrogens is 2. The third kappa shape index (κ3) is 3.06. The van der Waals surface area contributed by atoms with Gasteiger partial charge in [0.05, 0.1) is 30.6 Å². The van der Waals surface area contributed by atoms with Gasteiger partial charge < -0.3 is 19.5 Å². The Labute approximate surface area is 182 Å². The molecule has 0 bridgehead atoms. The number of hydrogen-bond acceptors (Lipinski definition) is 3. The van der Waals surface area contributed by atoms with Gasteiger partial charge in [-0.05, 0) is 74.8 Å². The fourth-order valence-electron chi connectivity index (χ4n) is 4.76. The van der Waals surface area contributed by atoms with E-state index in [4.69, 9.17) is 17.0 Å². The minimum Gasteiger partial charge on any atom is -0.495 e. The second-order valence-corrected chi connectivity index (χ2v) is 8.48. The molecular formula is C24H26N4OS. The lowest BCUT2D eigenvalue weighted by molar-refractivity contribution is 0.414. The Morgan fingerprint density at radius 2 is 1.87 bits per heavy atom. The Bertz CT molecular complexity index is 1090. The zero-order valence-corrected chi connectivity index (χ0v) is 18.3. The molecule has 5 nitrogen and oxygen atoms in total. The zero-order chi connectivity index (χ0) is 20.8. The van der Waals surface area contributed by atoms with Gasteiger partial charge >= 0.3 is 0 Å². The van der Waals surface area contributed by atoms with Crippen molar-refractivity contribution < 1.29 is 4.74 Å². The summed E-state index contributed by atoms with van der Waals surface area (Å²) in [4.78, 5) is 6.86. The molecule has 1 saturated heterocycles. The number of nitrogens with zero attached hydrogens (tertiary/aromatic N) is 3. The highest BCUT2D eigenvalue weighted by molar-refractivity contribution is 7.80. The maximum absolute atomic E-state index is 5.86. The number of benzene rings is 1. The molecule has 3 heterocycles. The van der Waals surface area contributed by atoms with E-state index in [2.05, 4.69) is 51.8 Å². The van der Waals surface area contributed by atoms with Gasteiger partial charge in [-0.1, -0.05) is 18.2 Å². The summed E-state index contributed by atoms with van der Waals surface area (Å²) in [5.41, 5.74) is 5.86. The molecule has 3 aromatic rings. The second-order valence-electron chi connectivity index (χ2n) is 8.10. The van der Waals surface area contributed by atoms with Gasteiger partial charge in [-0.2, -0.15) is 0 Å². The topological polar surface area (TPSA) is 42.3 Å². The number of thiocarbonyl (C=S) groups is 1. The summed E-state index contributed by atoms with van der Waals surface area (Å²) in [7, 11) is 1.70. The van der Waals surface area contributed by atoms with Crippen molar-refractivity contribution in [1.29, 1.82) is 0 Å². The van der Waals surface area contributed by atoms with E-state index in [1.54, 1.807) is 7.11 Å². The van der Waals surface area contributed by atoms with Crippen LogP contribution in [0.2, 0.25) is 0 Å². The van der Waals surface area contributed by atoms with E-state index in [9.17, 15) is 0 Å². The molecule has 6 heteroatoms. The van der Waals surface area contributed by atoms with Crippen molar-refractivity contribution in [3.05, 3.63) is 77.4 Å². The standard InChI is InChI=1S/C24H26N4OS/c1-15-14-18(16(2)27(15)17-11-12-17)23-22(19-8-6-7-13-25-19)26-24(30)28(23)20-9-4-5-10-21(20)29-3/h4-10,13-14,17,22-23H,11-12H2,1-3H3,(H,26,30)/t22-,23+/m1/s1. The van der Waals surface area contributed by atoms with Crippen molar-refractivity contribution >= 4 is 23.0 Å². The zero-order valence-electron chi connectivity index (χ0n) is 17.5. The average Bonchev–Trinajstić information content (AvgIpc) is 3.48. The van der Waals surface area contributed by atoms with E-state index in [1.807, 2.05) is 36.5 Å². The van der Waals surface area contributed by atoms with Crippen LogP contribution in [0.15, 0.2) is 54.7 Å². The fraction of sp³-hybridized carbons (Fsp3) is 0.333. The monoisotopic (exact) mass is 418 g/mol. The van der Waals surface area contributed by atoms with Gasteiger partial charge in [0.15, 0.2) is 5.11 Å². The summed E-state index contributed by atoms with van der Waals surface area (Å²) in [5, 5.41) is 4.24. The van der Waals surface area contributed by atoms with E-state index >= 15 is 0 Å². The predicted octanol–water partition coefficient (Wildman–Crippen LogP) is 5.02. The lowest BCUT2D eigenvalue weighted by Gasteiger charge is -2.29. The summed E-state index contributed by atoms with van der Waals surface area (Å²) in [5.74, 6) is 0.810. The number of para-hydroxylation sites is 2. The molecule has 1 N–H and O–H groups in total. The van der Waals surface area contributed by atoms with E-state index in [1.165, 1.54) is 29.8 Å². The number of rotatable bonds is 5. The number of methoxy groups -OCH3 is 1. The largest absolute Gasteiger partial charge is 0.495 e. The van der Waals surface area contributed by atoms with E-state index < -0.39 is 0 Å². The van der Waals surface area contributed by atoms with Crippen molar-refractivity contribution in [3.8, 4) is 5.75 Å². The Morgan fingerprint density at radius 3 is 2.57 bits per heavy atom. The maximum atomic E-state index is 5.86. The van der Waals surface area contributed by atoms with Crippen LogP contribution in [0, 0.1) is 13.8 Å². The number of hydrogen-bond donors (Lipinski definition) is 1. The van der Waals surface area contributed by atoms with Gasteiger partial charge in [0, 0.05) is 23.6 Å². The van der Waals surface area contributed by atoms with Crippen LogP contribution in [0.5, 0.6) is 5.75 Å². The smallest absolute Gasteiger partial charge is 0.174 e. The van der Waals surface area contributed by atoms with Crippen LogP contribution in [-0.4, -0.2) is 21.8 Å². The maximum Gasteiger partial charge on any atom is 0.174 e. The van der Waals surface area contributed by atoms with E-state index in [0.717, 1.165) is 17.1 Å².